The number of ether oxygens (including phenoxy) is 3. The molecule has 2 aliphatic heterocycles. The van der Waals surface area contributed by atoms with E-state index in [4.69, 9.17) is 19.2 Å². The molecule has 0 unspecified atom stereocenters. The molecule has 0 spiro atoms. The summed E-state index contributed by atoms with van der Waals surface area (Å²) in [7, 11) is -3.23. The molecule has 0 aliphatic carbocycles. The van der Waals surface area contributed by atoms with E-state index < -0.39 is 21.5 Å². The molecular weight excluding hydrogens is 548 g/mol. The van der Waals surface area contributed by atoms with Crippen molar-refractivity contribution in [2.24, 2.45) is 0 Å². The van der Waals surface area contributed by atoms with Crippen molar-refractivity contribution in [3.8, 4) is 11.6 Å². The maximum absolute atomic E-state index is 13.0. The summed E-state index contributed by atoms with van der Waals surface area (Å²) in [6, 6.07) is 6.91. The van der Waals surface area contributed by atoms with Crippen LogP contribution in [0.15, 0.2) is 36.7 Å². The van der Waals surface area contributed by atoms with Gasteiger partial charge in [-0.1, -0.05) is 0 Å². The van der Waals surface area contributed by atoms with Crippen LogP contribution in [0.3, 0.4) is 0 Å². The number of nitrogens with one attached hydrogen (secondary N) is 1. The second-order valence-corrected chi connectivity index (χ2v) is 13.2. The Morgan fingerprint density at radius 3 is 2.59 bits per heavy atom. The Bertz CT molecular complexity index is 1560. The molecule has 0 saturated heterocycles. The fourth-order valence-corrected chi connectivity index (χ4v) is 5.00. The van der Waals surface area contributed by atoms with Crippen LogP contribution in [0.1, 0.15) is 37.6 Å². The van der Waals surface area contributed by atoms with Gasteiger partial charge in [-0.2, -0.15) is 0 Å². The molecule has 2 aliphatic rings. The number of pyridine rings is 1. The molecule has 3 aromatic rings. The summed E-state index contributed by atoms with van der Waals surface area (Å²) < 4.78 is 39.4. The topological polar surface area (TPSA) is 136 Å². The third-order valence-electron chi connectivity index (χ3n) is 6.52. The number of nitrogens with zero attached hydrogens (tertiary/aromatic N) is 5. The number of amides is 1. The third-order valence-corrected chi connectivity index (χ3v) is 7.07. The van der Waals surface area contributed by atoms with E-state index >= 15 is 0 Å². The van der Waals surface area contributed by atoms with E-state index in [2.05, 4.69) is 20.2 Å². The summed E-state index contributed by atoms with van der Waals surface area (Å²) >= 11 is 0. The van der Waals surface area contributed by atoms with Gasteiger partial charge in [-0.25, -0.2) is 28.2 Å². The van der Waals surface area contributed by atoms with Crippen molar-refractivity contribution >= 4 is 38.9 Å². The van der Waals surface area contributed by atoms with Crippen LogP contribution >= 0.6 is 0 Å². The maximum Gasteiger partial charge on any atom is 0.415 e. The number of anilines is 4. The van der Waals surface area contributed by atoms with Gasteiger partial charge in [0.25, 0.3) is 0 Å². The number of aromatic nitrogens is 3. The first-order valence-electron chi connectivity index (χ1n) is 13.3. The number of fused-ring (bicyclic) bond motifs is 2. The average Bonchev–Trinajstić information content (AvgIpc) is 2.91. The minimum Gasteiger partial charge on any atom is -0.478 e. The quantitative estimate of drug-likeness (QED) is 0.452. The Labute approximate surface area is 239 Å². The van der Waals surface area contributed by atoms with Crippen molar-refractivity contribution in [1.29, 1.82) is 0 Å². The summed E-state index contributed by atoms with van der Waals surface area (Å²) in [5.74, 6) is 0.935. The smallest absolute Gasteiger partial charge is 0.415 e. The van der Waals surface area contributed by atoms with E-state index in [9.17, 15) is 13.2 Å². The summed E-state index contributed by atoms with van der Waals surface area (Å²) in [6.07, 6.45) is 5.07. The molecule has 0 atom stereocenters. The second kappa shape index (κ2) is 11.0. The van der Waals surface area contributed by atoms with Crippen molar-refractivity contribution in [3.63, 3.8) is 0 Å². The number of hydrogen-bond donors (Lipinski definition) is 1. The maximum atomic E-state index is 13.0. The van der Waals surface area contributed by atoms with Gasteiger partial charge in [0.05, 0.1) is 30.7 Å². The SMILES string of the molecule is Cc1c(N2CCc3cnc(Nc4ccc(OCS(C)(=O)=O)cc4)nc3C2)cnc2c1N(C(=O)OC(C)(C)C)CCO2. The molecule has 0 fully saturated rings. The zero-order chi connectivity index (χ0) is 29.4. The lowest BCUT2D eigenvalue weighted by molar-refractivity contribution is 0.0566. The Kier molecular flexibility index (Phi) is 7.64. The first-order chi connectivity index (χ1) is 19.4. The molecule has 5 rings (SSSR count). The monoisotopic (exact) mass is 582 g/mol. The molecule has 2 aromatic heterocycles. The number of carbonyl (C=O) groups is 1. The minimum atomic E-state index is -3.23. The predicted molar refractivity (Wildman–Crippen MR) is 155 cm³/mol. The van der Waals surface area contributed by atoms with Gasteiger partial charge in [0.1, 0.15) is 23.6 Å². The Hall–Kier alpha value is -4.13. The predicted octanol–water partition coefficient (Wildman–Crippen LogP) is 4.00. The molecule has 1 aromatic carbocycles. The summed E-state index contributed by atoms with van der Waals surface area (Å²) in [6.45, 7) is 9.50. The van der Waals surface area contributed by atoms with Gasteiger partial charge in [0, 0.05) is 30.2 Å². The Morgan fingerprint density at radius 2 is 1.88 bits per heavy atom. The number of carbonyl (C=O) groups excluding carboxylic acids is 1. The van der Waals surface area contributed by atoms with Crippen LogP contribution in [0.4, 0.5) is 27.8 Å². The number of sulfone groups is 1. The van der Waals surface area contributed by atoms with Crippen LogP contribution in [0.5, 0.6) is 11.6 Å². The van der Waals surface area contributed by atoms with E-state index in [0.717, 1.165) is 47.4 Å². The van der Waals surface area contributed by atoms with Gasteiger partial charge in [-0.05, 0) is 63.9 Å². The van der Waals surface area contributed by atoms with E-state index in [1.165, 1.54) is 0 Å². The van der Waals surface area contributed by atoms with Crippen LogP contribution in [-0.2, 0) is 27.5 Å². The van der Waals surface area contributed by atoms with E-state index in [1.807, 2.05) is 33.9 Å². The molecule has 4 heterocycles. The fourth-order valence-electron chi connectivity index (χ4n) is 4.65. The van der Waals surface area contributed by atoms with Crippen LogP contribution in [0.2, 0.25) is 0 Å². The van der Waals surface area contributed by atoms with Gasteiger partial charge < -0.3 is 24.4 Å². The lowest BCUT2D eigenvalue weighted by Gasteiger charge is -2.35. The highest BCUT2D eigenvalue weighted by Crippen LogP contribution is 2.39. The Morgan fingerprint density at radius 1 is 1.12 bits per heavy atom. The van der Waals surface area contributed by atoms with Crippen molar-refractivity contribution in [3.05, 3.63) is 53.5 Å². The second-order valence-electron chi connectivity index (χ2n) is 11.1. The van der Waals surface area contributed by atoms with Crippen LogP contribution in [0, 0.1) is 6.92 Å². The van der Waals surface area contributed by atoms with Crippen LogP contribution < -0.4 is 24.6 Å². The van der Waals surface area contributed by atoms with Crippen LogP contribution in [-0.4, -0.2) is 67.0 Å². The molecule has 12 nitrogen and oxygen atoms in total. The number of rotatable bonds is 6. The van der Waals surface area contributed by atoms with Gasteiger partial charge >= 0.3 is 6.09 Å². The highest BCUT2D eigenvalue weighted by Gasteiger charge is 2.32. The normalized spacial score (nSPS) is 15.0. The lowest BCUT2D eigenvalue weighted by Crippen LogP contribution is -2.42. The van der Waals surface area contributed by atoms with Crippen molar-refractivity contribution in [2.45, 2.75) is 46.3 Å². The largest absolute Gasteiger partial charge is 0.478 e. The number of benzene rings is 1. The molecule has 0 saturated carbocycles. The zero-order valence-electron chi connectivity index (χ0n) is 23.8. The first-order valence-corrected chi connectivity index (χ1v) is 15.3. The molecular formula is C28H34N6O6S. The van der Waals surface area contributed by atoms with E-state index in [-0.39, 0.29) is 5.94 Å². The van der Waals surface area contributed by atoms with Gasteiger partial charge in [-0.3, -0.25) is 4.90 Å². The highest BCUT2D eigenvalue weighted by atomic mass is 32.2. The zero-order valence-corrected chi connectivity index (χ0v) is 24.6. The highest BCUT2D eigenvalue weighted by molar-refractivity contribution is 7.90. The molecule has 13 heteroatoms. The average molecular weight is 583 g/mol. The molecule has 0 bridgehead atoms. The molecule has 218 valence electrons. The van der Waals surface area contributed by atoms with Gasteiger partial charge in [0.2, 0.25) is 11.8 Å². The van der Waals surface area contributed by atoms with E-state index in [1.54, 1.807) is 35.4 Å². The standard InChI is InChI=1S/C28H34N6O6S/c1-18-23(15-29-25-24(18)34(12-13-38-25)27(35)40-28(2,3)4)33-11-10-19-14-30-26(32-22(19)16-33)31-20-6-8-21(9-7-20)39-17-41(5,36)37/h6-9,14-15H,10-13,16-17H2,1-5H3,(H,30,31,32). The lowest BCUT2D eigenvalue weighted by atomic mass is 10.0. The summed E-state index contributed by atoms with van der Waals surface area (Å²) in [5, 5.41) is 3.20. The first kappa shape index (κ1) is 28.4. The van der Waals surface area contributed by atoms with Crippen molar-refractivity contribution < 1.29 is 27.4 Å². The summed E-state index contributed by atoms with van der Waals surface area (Å²) in [5.41, 5.74) is 4.48. The molecule has 0 radical (unpaired) electrons. The van der Waals surface area contributed by atoms with Crippen molar-refractivity contribution in [2.75, 3.05) is 47.0 Å². The third kappa shape index (κ3) is 6.79. The van der Waals surface area contributed by atoms with E-state index in [0.29, 0.717) is 43.0 Å². The van der Waals surface area contributed by atoms with Crippen LogP contribution in [0.25, 0.3) is 0 Å². The summed E-state index contributed by atoms with van der Waals surface area (Å²) in [4.78, 5) is 30.6. The van der Waals surface area contributed by atoms with Gasteiger partial charge in [-0.15, -0.1) is 0 Å². The fraction of sp³-hybridized carbons (Fsp3) is 0.429. The molecule has 1 N–H and O–H groups in total. The van der Waals surface area contributed by atoms with Crippen molar-refractivity contribution in [1.82, 2.24) is 15.0 Å². The molecule has 1 amide bonds. The van der Waals surface area contributed by atoms with Gasteiger partial charge in [0.15, 0.2) is 15.8 Å². The minimum absolute atomic E-state index is 0.345. The molecule has 41 heavy (non-hydrogen) atoms. The Balaban J connectivity index is 1.33. The number of hydrogen-bond acceptors (Lipinski definition) is 11.